The molecule has 0 saturated carbocycles. The predicted molar refractivity (Wildman–Crippen MR) is 79.1 cm³/mol. The first kappa shape index (κ1) is 14.9. The Balaban J connectivity index is 2.33. The van der Waals surface area contributed by atoms with Crippen molar-refractivity contribution in [2.75, 3.05) is 5.43 Å². The molecule has 22 heavy (non-hydrogen) atoms. The van der Waals surface area contributed by atoms with Gasteiger partial charge in [0, 0.05) is 6.07 Å². The van der Waals surface area contributed by atoms with Crippen LogP contribution in [0.25, 0.3) is 0 Å². The third-order valence-electron chi connectivity index (χ3n) is 2.68. The smallest absolute Gasteiger partial charge is 0.318 e. The quantitative estimate of drug-likeness (QED) is 0.496. The lowest BCUT2D eigenvalue weighted by molar-refractivity contribution is -0.394. The number of aromatic hydroxyl groups is 1. The molecule has 0 bridgehead atoms. The van der Waals surface area contributed by atoms with Gasteiger partial charge in [-0.1, -0.05) is 18.2 Å². The first-order valence-corrected chi connectivity index (χ1v) is 5.99. The van der Waals surface area contributed by atoms with E-state index >= 15 is 0 Å². The van der Waals surface area contributed by atoms with Crippen molar-refractivity contribution >= 4 is 23.3 Å². The maximum Gasteiger partial charge on any atom is 0.318 e. The maximum absolute atomic E-state index is 10.8. The minimum absolute atomic E-state index is 0.135. The number of benzene rings is 2. The van der Waals surface area contributed by atoms with Crippen molar-refractivity contribution in [1.82, 2.24) is 0 Å². The van der Waals surface area contributed by atoms with Crippen LogP contribution in [0.3, 0.4) is 0 Å². The van der Waals surface area contributed by atoms with Crippen molar-refractivity contribution in [3.8, 4) is 5.75 Å². The third-order valence-corrected chi connectivity index (χ3v) is 2.68. The molecule has 0 aliphatic carbocycles. The average Bonchev–Trinajstić information content (AvgIpc) is 2.49. The number of nitro benzene ring substituents is 2. The molecule has 0 spiro atoms. The molecule has 112 valence electrons. The van der Waals surface area contributed by atoms with E-state index in [0.29, 0.717) is 11.8 Å². The molecule has 9 nitrogen and oxygen atoms in total. The van der Waals surface area contributed by atoms with Gasteiger partial charge < -0.3 is 5.11 Å². The Labute approximate surface area is 123 Å². The summed E-state index contributed by atoms with van der Waals surface area (Å²) in [5.74, 6) is -0.686. The van der Waals surface area contributed by atoms with Gasteiger partial charge in [-0.05, 0) is 12.1 Å². The number of phenolic OH excluding ortho intramolecular Hbond substituents is 1. The Morgan fingerprint density at radius 2 is 1.77 bits per heavy atom. The highest BCUT2D eigenvalue weighted by Crippen LogP contribution is 2.33. The molecule has 0 amide bonds. The van der Waals surface area contributed by atoms with Crippen LogP contribution in [-0.2, 0) is 0 Å². The average molecular weight is 302 g/mol. The highest BCUT2D eigenvalue weighted by Gasteiger charge is 2.22. The summed E-state index contributed by atoms with van der Waals surface area (Å²) in [5, 5.41) is 35.2. The molecule has 0 saturated heterocycles. The zero-order chi connectivity index (χ0) is 16.1. The van der Waals surface area contributed by atoms with E-state index in [1.165, 1.54) is 0 Å². The molecule has 0 aliphatic rings. The zero-order valence-corrected chi connectivity index (χ0v) is 11.0. The second-order valence-corrected chi connectivity index (χ2v) is 4.15. The van der Waals surface area contributed by atoms with E-state index in [1.807, 2.05) is 6.07 Å². The van der Waals surface area contributed by atoms with Crippen molar-refractivity contribution in [2.24, 2.45) is 5.10 Å². The summed E-state index contributed by atoms with van der Waals surface area (Å²) in [6.45, 7) is 0. The van der Waals surface area contributed by atoms with Gasteiger partial charge in [-0.25, -0.2) is 0 Å². The SMILES string of the molecule is O=[N+]([O-])c1cc(C=NNc2ccccc2)c(O)c([N+](=O)[O-])c1. The number of hydrogen-bond donors (Lipinski definition) is 2. The molecule has 0 fully saturated rings. The monoisotopic (exact) mass is 302 g/mol. The zero-order valence-electron chi connectivity index (χ0n) is 11.0. The number of anilines is 1. The highest BCUT2D eigenvalue weighted by molar-refractivity contribution is 5.87. The number of nitrogens with zero attached hydrogens (tertiary/aromatic N) is 3. The molecular weight excluding hydrogens is 292 g/mol. The standard InChI is InChI=1S/C13H10N4O5/c18-13-9(8-14-15-10-4-2-1-3-5-10)6-11(16(19)20)7-12(13)17(21)22/h1-8,15,18H. The van der Waals surface area contributed by atoms with Gasteiger partial charge in [0.15, 0.2) is 0 Å². The predicted octanol–water partition coefficient (Wildman–Crippen LogP) is 2.65. The first-order chi connectivity index (χ1) is 10.5. The summed E-state index contributed by atoms with van der Waals surface area (Å²) in [4.78, 5) is 19.9. The first-order valence-electron chi connectivity index (χ1n) is 5.99. The van der Waals surface area contributed by atoms with E-state index in [-0.39, 0.29) is 5.56 Å². The van der Waals surface area contributed by atoms with E-state index in [4.69, 9.17) is 0 Å². The topological polar surface area (TPSA) is 131 Å². The van der Waals surface area contributed by atoms with Crippen molar-refractivity contribution in [3.05, 3.63) is 68.3 Å². The van der Waals surface area contributed by atoms with Crippen LogP contribution in [0.4, 0.5) is 17.1 Å². The molecular formula is C13H10N4O5. The van der Waals surface area contributed by atoms with Gasteiger partial charge in [-0.3, -0.25) is 25.7 Å². The lowest BCUT2D eigenvalue weighted by Gasteiger charge is -2.02. The van der Waals surface area contributed by atoms with Crippen LogP contribution in [0.2, 0.25) is 0 Å². The molecule has 0 atom stereocenters. The van der Waals surface area contributed by atoms with Crippen LogP contribution in [0, 0.1) is 20.2 Å². The Morgan fingerprint density at radius 1 is 1.09 bits per heavy atom. The number of hydrazone groups is 1. The number of nitrogens with one attached hydrogen (secondary N) is 1. The van der Waals surface area contributed by atoms with Crippen molar-refractivity contribution < 1.29 is 15.0 Å². The molecule has 0 heterocycles. The van der Waals surface area contributed by atoms with E-state index < -0.39 is 27.0 Å². The van der Waals surface area contributed by atoms with E-state index in [9.17, 15) is 25.3 Å². The minimum atomic E-state index is -0.899. The fraction of sp³-hybridized carbons (Fsp3) is 0. The fourth-order valence-electron chi connectivity index (χ4n) is 1.66. The van der Waals surface area contributed by atoms with Gasteiger partial charge in [-0.15, -0.1) is 0 Å². The van der Waals surface area contributed by atoms with Crippen LogP contribution in [0.5, 0.6) is 5.75 Å². The summed E-state index contributed by atoms with van der Waals surface area (Å²) in [7, 11) is 0. The molecule has 2 rings (SSSR count). The molecule has 0 aromatic heterocycles. The molecule has 2 aromatic rings. The minimum Gasteiger partial charge on any atom is -0.502 e. The molecule has 9 heteroatoms. The number of para-hydroxylation sites is 1. The van der Waals surface area contributed by atoms with Crippen molar-refractivity contribution in [2.45, 2.75) is 0 Å². The number of hydrogen-bond acceptors (Lipinski definition) is 7. The van der Waals surface area contributed by atoms with Crippen LogP contribution < -0.4 is 5.43 Å². The van der Waals surface area contributed by atoms with Crippen molar-refractivity contribution in [3.63, 3.8) is 0 Å². The summed E-state index contributed by atoms with van der Waals surface area (Å²) in [5.41, 5.74) is 1.89. The van der Waals surface area contributed by atoms with Crippen molar-refractivity contribution in [1.29, 1.82) is 0 Å². The third kappa shape index (κ3) is 3.33. The highest BCUT2D eigenvalue weighted by atomic mass is 16.6. The summed E-state index contributed by atoms with van der Waals surface area (Å²) in [6, 6.07) is 10.5. The van der Waals surface area contributed by atoms with E-state index in [1.54, 1.807) is 24.3 Å². The number of phenols is 1. The van der Waals surface area contributed by atoms with Crippen LogP contribution >= 0.6 is 0 Å². The van der Waals surface area contributed by atoms with Gasteiger partial charge in [0.2, 0.25) is 5.75 Å². The maximum atomic E-state index is 10.8. The normalized spacial score (nSPS) is 10.5. The Hall–Kier alpha value is -3.49. The lowest BCUT2D eigenvalue weighted by Crippen LogP contribution is -1.97. The van der Waals surface area contributed by atoms with Crippen LogP contribution in [0.15, 0.2) is 47.6 Å². The summed E-state index contributed by atoms with van der Waals surface area (Å²) >= 11 is 0. The molecule has 0 aliphatic heterocycles. The molecule has 2 N–H and O–H groups in total. The molecule has 2 aromatic carbocycles. The number of nitro groups is 2. The van der Waals surface area contributed by atoms with E-state index in [0.717, 1.165) is 12.3 Å². The summed E-state index contributed by atoms with van der Waals surface area (Å²) in [6.07, 6.45) is 1.07. The largest absolute Gasteiger partial charge is 0.502 e. The van der Waals surface area contributed by atoms with Gasteiger partial charge in [0.1, 0.15) is 0 Å². The number of rotatable bonds is 5. The Kier molecular flexibility index (Phi) is 4.27. The van der Waals surface area contributed by atoms with Gasteiger partial charge >= 0.3 is 5.69 Å². The Morgan fingerprint density at radius 3 is 2.36 bits per heavy atom. The molecule has 0 radical (unpaired) electrons. The lowest BCUT2D eigenvalue weighted by atomic mass is 10.1. The van der Waals surface area contributed by atoms with Crippen LogP contribution in [-0.4, -0.2) is 21.2 Å². The second kappa shape index (κ2) is 6.31. The molecule has 0 unspecified atom stereocenters. The van der Waals surface area contributed by atoms with Crippen LogP contribution in [0.1, 0.15) is 5.56 Å². The van der Waals surface area contributed by atoms with E-state index in [2.05, 4.69) is 10.5 Å². The van der Waals surface area contributed by atoms with Gasteiger partial charge in [-0.2, -0.15) is 5.10 Å². The Bertz CT molecular complexity index is 746. The second-order valence-electron chi connectivity index (χ2n) is 4.15. The number of non-ortho nitro benzene ring substituents is 1. The van der Waals surface area contributed by atoms with Gasteiger partial charge in [0.05, 0.1) is 33.4 Å². The van der Waals surface area contributed by atoms with Gasteiger partial charge in [0.25, 0.3) is 5.69 Å². The summed E-state index contributed by atoms with van der Waals surface area (Å²) < 4.78 is 0. The fourth-order valence-corrected chi connectivity index (χ4v) is 1.66.